The van der Waals surface area contributed by atoms with E-state index in [0.717, 1.165) is 43.5 Å². The van der Waals surface area contributed by atoms with Crippen LogP contribution in [-0.2, 0) is 10.9 Å². The molecule has 3 heterocycles. The highest BCUT2D eigenvalue weighted by Crippen LogP contribution is 2.87. The molecular formula is C28H30F3NO3. The Labute approximate surface area is 202 Å². The third kappa shape index (κ3) is 2.09. The molecule has 6 saturated carbocycles. The maximum Gasteiger partial charge on any atom is 0.416 e. The van der Waals surface area contributed by atoms with Gasteiger partial charge in [0.15, 0.2) is 0 Å². The molecule has 0 amide bonds. The molecule has 35 heavy (non-hydrogen) atoms. The minimum Gasteiger partial charge on any atom is -0.458 e. The summed E-state index contributed by atoms with van der Waals surface area (Å²) >= 11 is 0. The number of aliphatic hydroxyl groups is 1. The molecule has 1 N–H and O–H groups in total. The van der Waals surface area contributed by atoms with Crippen LogP contribution in [0.3, 0.4) is 0 Å². The van der Waals surface area contributed by atoms with Gasteiger partial charge in [-0.2, -0.15) is 13.2 Å². The van der Waals surface area contributed by atoms with Crippen molar-refractivity contribution < 1.29 is 27.8 Å². The molecule has 10 rings (SSSR count). The largest absolute Gasteiger partial charge is 0.458 e. The van der Waals surface area contributed by atoms with Crippen molar-refractivity contribution in [2.24, 2.45) is 39.9 Å². The molecule has 9 aliphatic rings. The molecular weight excluding hydrogens is 455 g/mol. The Morgan fingerprint density at radius 2 is 1.91 bits per heavy atom. The third-order valence-corrected chi connectivity index (χ3v) is 12.0. The summed E-state index contributed by atoms with van der Waals surface area (Å²) in [6.45, 7) is 7.88. The van der Waals surface area contributed by atoms with Crippen molar-refractivity contribution in [3.63, 3.8) is 0 Å². The fourth-order valence-corrected chi connectivity index (χ4v) is 11.6. The number of ether oxygens (including phenoxy) is 1. The first-order valence-electron chi connectivity index (χ1n) is 13.0. The van der Waals surface area contributed by atoms with E-state index in [1.807, 2.05) is 0 Å². The fourth-order valence-electron chi connectivity index (χ4n) is 11.6. The van der Waals surface area contributed by atoms with E-state index in [1.54, 1.807) is 0 Å². The number of hydrogen-bond donors (Lipinski definition) is 1. The van der Waals surface area contributed by atoms with Gasteiger partial charge in [-0.15, -0.1) is 0 Å². The Balaban J connectivity index is 1.21. The zero-order valence-electron chi connectivity index (χ0n) is 19.7. The van der Waals surface area contributed by atoms with Gasteiger partial charge in [-0.1, -0.05) is 19.9 Å². The summed E-state index contributed by atoms with van der Waals surface area (Å²) in [7, 11) is 0. The van der Waals surface area contributed by atoms with Crippen molar-refractivity contribution >= 4 is 5.97 Å². The van der Waals surface area contributed by atoms with Crippen LogP contribution in [0.5, 0.6) is 0 Å². The van der Waals surface area contributed by atoms with Gasteiger partial charge in [-0.25, -0.2) is 4.79 Å². The minimum absolute atomic E-state index is 0.0559. The average Bonchev–Trinajstić information content (AvgIpc) is 3.24. The number of carbonyl (C=O) groups is 1. The van der Waals surface area contributed by atoms with E-state index >= 15 is 0 Å². The van der Waals surface area contributed by atoms with Gasteiger partial charge in [0, 0.05) is 35.9 Å². The lowest BCUT2D eigenvalue weighted by Crippen LogP contribution is -2.69. The van der Waals surface area contributed by atoms with Gasteiger partial charge in [0.25, 0.3) is 0 Å². The van der Waals surface area contributed by atoms with Crippen molar-refractivity contribution in [1.82, 2.24) is 4.90 Å². The third-order valence-electron chi connectivity index (χ3n) is 12.0. The zero-order chi connectivity index (χ0) is 24.3. The predicted molar refractivity (Wildman–Crippen MR) is 120 cm³/mol. The maximum atomic E-state index is 13.3. The molecule has 7 heteroatoms. The summed E-state index contributed by atoms with van der Waals surface area (Å²) < 4.78 is 45.4. The van der Waals surface area contributed by atoms with Crippen molar-refractivity contribution in [2.45, 2.75) is 69.5 Å². The Hall–Kier alpha value is -1.86. The maximum absolute atomic E-state index is 13.3. The summed E-state index contributed by atoms with van der Waals surface area (Å²) in [4.78, 5) is 16.1. The summed E-state index contributed by atoms with van der Waals surface area (Å²) in [6.07, 6.45) is -0.0201. The second-order valence-electron chi connectivity index (χ2n) is 12.9. The van der Waals surface area contributed by atoms with E-state index in [9.17, 15) is 23.1 Å². The number of rotatable bonds is 2. The van der Waals surface area contributed by atoms with Gasteiger partial charge in [0.05, 0.1) is 17.2 Å². The van der Waals surface area contributed by atoms with Crippen LogP contribution in [0.2, 0.25) is 0 Å². The molecule has 2 unspecified atom stereocenters. The van der Waals surface area contributed by atoms with E-state index in [0.29, 0.717) is 23.9 Å². The number of esters is 1. The standard InChI is InChI=1S/C28H30F3NO3/c1-13-16-10-17-22-26-9-3-8-25(2)12-32(22)18(20(25)26)11-27(17,23(13)33)21(26)19(16)35-24(34)14-4-6-15(7-5-14)28(29,30)31/h4-7,16-23,33H,1,3,8-12H2,2H3/t16-,17-,18+,19+,20-,21+,22?,23-,25+,26+,27-/m1/s1. The van der Waals surface area contributed by atoms with Crippen LogP contribution in [0.4, 0.5) is 13.2 Å². The predicted octanol–water partition coefficient (Wildman–Crippen LogP) is 4.68. The summed E-state index contributed by atoms with van der Waals surface area (Å²) in [5.74, 6) is 0.410. The van der Waals surface area contributed by atoms with Crippen LogP contribution in [0, 0.1) is 39.9 Å². The molecule has 186 valence electrons. The van der Waals surface area contributed by atoms with E-state index in [2.05, 4.69) is 18.4 Å². The van der Waals surface area contributed by atoms with Crippen LogP contribution in [0.1, 0.15) is 54.9 Å². The van der Waals surface area contributed by atoms with Crippen LogP contribution < -0.4 is 0 Å². The summed E-state index contributed by atoms with van der Waals surface area (Å²) in [5.41, 5.74) is 0.203. The number of aliphatic hydroxyl groups excluding tert-OH is 1. The molecule has 3 saturated heterocycles. The normalized spacial score (nSPS) is 54.0. The SMILES string of the molecule is C=C1[C@H]2C[C@@H]3C4N5C[C@]6(C)CCC[C@@]47[C@@H]6[C@@H]5C[C@]3([C@@H]1O)[C@H]7[C@H]2OC(=O)c1ccc(C(F)(F)F)cc1. The number of carbonyl (C=O) groups excluding carboxylic acids is 1. The molecule has 6 aliphatic carbocycles. The van der Waals surface area contributed by atoms with Crippen LogP contribution in [0.25, 0.3) is 0 Å². The Morgan fingerprint density at radius 1 is 1.17 bits per heavy atom. The van der Waals surface area contributed by atoms with Gasteiger partial charge in [-0.05, 0) is 78.2 Å². The number of benzene rings is 1. The van der Waals surface area contributed by atoms with Crippen molar-refractivity contribution in [3.8, 4) is 0 Å². The molecule has 1 aromatic carbocycles. The van der Waals surface area contributed by atoms with Crippen molar-refractivity contribution in [2.75, 3.05) is 6.54 Å². The number of halogens is 3. The summed E-state index contributed by atoms with van der Waals surface area (Å²) in [5, 5.41) is 11.7. The Morgan fingerprint density at radius 3 is 2.63 bits per heavy atom. The first-order chi connectivity index (χ1) is 16.5. The first-order valence-corrected chi connectivity index (χ1v) is 13.0. The van der Waals surface area contributed by atoms with E-state index in [-0.39, 0.29) is 39.7 Å². The lowest BCUT2D eigenvalue weighted by atomic mass is 9.39. The molecule has 4 nitrogen and oxygen atoms in total. The van der Waals surface area contributed by atoms with Crippen LogP contribution in [-0.4, -0.2) is 46.8 Å². The number of alkyl halides is 3. The van der Waals surface area contributed by atoms with Gasteiger partial charge in [0.2, 0.25) is 0 Å². The molecule has 1 aromatic rings. The highest BCUT2D eigenvalue weighted by molar-refractivity contribution is 5.89. The smallest absolute Gasteiger partial charge is 0.416 e. The number of hydrogen-bond acceptors (Lipinski definition) is 4. The molecule has 9 bridgehead atoms. The molecule has 2 spiro atoms. The topological polar surface area (TPSA) is 49.8 Å². The molecule has 3 aliphatic heterocycles. The lowest BCUT2D eigenvalue weighted by Gasteiger charge is -2.66. The summed E-state index contributed by atoms with van der Waals surface area (Å²) in [6, 6.07) is 5.26. The van der Waals surface area contributed by atoms with E-state index in [4.69, 9.17) is 4.74 Å². The van der Waals surface area contributed by atoms with Crippen LogP contribution in [0.15, 0.2) is 36.4 Å². The van der Waals surface area contributed by atoms with Crippen LogP contribution >= 0.6 is 0 Å². The number of piperidine rings is 2. The first kappa shape index (κ1) is 21.2. The quantitative estimate of drug-likeness (QED) is 0.488. The number of nitrogens with zero attached hydrogens (tertiary/aromatic N) is 1. The van der Waals surface area contributed by atoms with Gasteiger partial charge >= 0.3 is 12.1 Å². The van der Waals surface area contributed by atoms with Gasteiger partial charge in [-0.3, -0.25) is 4.90 Å². The molecule has 9 fully saturated rings. The van der Waals surface area contributed by atoms with E-state index in [1.165, 1.54) is 25.0 Å². The highest BCUT2D eigenvalue weighted by atomic mass is 19.4. The van der Waals surface area contributed by atoms with Crippen molar-refractivity contribution in [1.29, 1.82) is 0 Å². The van der Waals surface area contributed by atoms with Gasteiger partial charge in [0.1, 0.15) is 6.10 Å². The Kier molecular flexibility index (Phi) is 3.64. The second kappa shape index (κ2) is 5.99. The van der Waals surface area contributed by atoms with E-state index < -0.39 is 23.8 Å². The average molecular weight is 486 g/mol. The zero-order valence-corrected chi connectivity index (χ0v) is 19.7. The van der Waals surface area contributed by atoms with Crippen molar-refractivity contribution in [3.05, 3.63) is 47.5 Å². The highest BCUT2D eigenvalue weighted by Gasteiger charge is 2.90. The second-order valence-corrected chi connectivity index (χ2v) is 12.9. The van der Waals surface area contributed by atoms with Gasteiger partial charge < -0.3 is 9.84 Å². The molecule has 12 atom stereocenters. The molecule has 0 radical (unpaired) electrons. The Bertz CT molecular complexity index is 1180. The number of fused-ring (bicyclic) bond motifs is 1. The fraction of sp³-hybridized carbons (Fsp3) is 0.679. The minimum atomic E-state index is -4.45. The lowest BCUT2D eigenvalue weighted by molar-refractivity contribution is -0.213. The molecule has 0 aromatic heterocycles. The monoisotopic (exact) mass is 485 g/mol.